The van der Waals surface area contributed by atoms with E-state index in [9.17, 15) is 4.39 Å². The van der Waals surface area contributed by atoms with Gasteiger partial charge in [-0.3, -0.25) is 0 Å². The first-order chi connectivity index (χ1) is 6.60. The Kier molecular flexibility index (Phi) is 3.77. The van der Waals surface area contributed by atoms with E-state index in [1.54, 1.807) is 14.0 Å². The minimum atomic E-state index is -0.276. The van der Waals surface area contributed by atoms with Crippen molar-refractivity contribution < 1.29 is 9.13 Å². The van der Waals surface area contributed by atoms with E-state index >= 15 is 0 Å². The molecule has 0 saturated carbocycles. The number of thioether (sulfide) groups is 1. The molecule has 1 rings (SSSR count). The first-order valence-electron chi connectivity index (χ1n) is 4.27. The van der Waals surface area contributed by atoms with Crippen LogP contribution < -0.4 is 10.5 Å². The van der Waals surface area contributed by atoms with E-state index in [-0.39, 0.29) is 11.9 Å². The minimum absolute atomic E-state index is 0.230. The molecule has 0 aromatic heterocycles. The van der Waals surface area contributed by atoms with Gasteiger partial charge in [0.1, 0.15) is 11.6 Å². The molecule has 0 heterocycles. The SMILES string of the molecule is COc1c(SC)cc(F)cc1C(C)N. The van der Waals surface area contributed by atoms with E-state index < -0.39 is 0 Å². The number of hydrogen-bond acceptors (Lipinski definition) is 3. The van der Waals surface area contributed by atoms with Crippen molar-refractivity contribution in [1.82, 2.24) is 0 Å². The summed E-state index contributed by atoms with van der Waals surface area (Å²) in [6.07, 6.45) is 1.88. The number of hydrogen-bond donors (Lipinski definition) is 1. The first-order valence-corrected chi connectivity index (χ1v) is 5.49. The molecule has 0 bridgehead atoms. The molecule has 0 aliphatic carbocycles. The van der Waals surface area contributed by atoms with Gasteiger partial charge in [0, 0.05) is 11.6 Å². The van der Waals surface area contributed by atoms with Gasteiger partial charge in [0.25, 0.3) is 0 Å². The van der Waals surface area contributed by atoms with Gasteiger partial charge < -0.3 is 10.5 Å². The van der Waals surface area contributed by atoms with Crippen molar-refractivity contribution in [3.05, 3.63) is 23.5 Å². The highest BCUT2D eigenvalue weighted by atomic mass is 32.2. The Labute approximate surface area is 87.6 Å². The topological polar surface area (TPSA) is 35.2 Å². The fraction of sp³-hybridized carbons (Fsp3) is 0.400. The third-order valence-corrected chi connectivity index (χ3v) is 2.71. The molecule has 0 aliphatic rings. The molecule has 0 fully saturated rings. The molecule has 0 radical (unpaired) electrons. The van der Waals surface area contributed by atoms with E-state index in [2.05, 4.69) is 0 Å². The second kappa shape index (κ2) is 4.66. The van der Waals surface area contributed by atoms with Gasteiger partial charge in [0.2, 0.25) is 0 Å². The summed E-state index contributed by atoms with van der Waals surface area (Å²) >= 11 is 1.45. The lowest BCUT2D eigenvalue weighted by Crippen LogP contribution is -2.08. The van der Waals surface area contributed by atoms with Crippen molar-refractivity contribution in [2.75, 3.05) is 13.4 Å². The highest BCUT2D eigenvalue weighted by molar-refractivity contribution is 7.98. The Hall–Kier alpha value is -0.740. The Morgan fingerprint density at radius 3 is 2.57 bits per heavy atom. The molecule has 2 N–H and O–H groups in total. The standard InChI is InChI=1S/C10H14FNOS/c1-6(12)8-4-7(11)5-9(14-3)10(8)13-2/h4-6H,12H2,1-3H3. The average Bonchev–Trinajstić information content (AvgIpc) is 2.16. The van der Waals surface area contributed by atoms with Crippen LogP contribution in [-0.4, -0.2) is 13.4 Å². The van der Waals surface area contributed by atoms with Gasteiger partial charge in [-0.2, -0.15) is 0 Å². The first kappa shape index (κ1) is 11.3. The number of nitrogens with two attached hydrogens (primary N) is 1. The quantitative estimate of drug-likeness (QED) is 0.787. The summed E-state index contributed by atoms with van der Waals surface area (Å²) in [4.78, 5) is 0.778. The van der Waals surface area contributed by atoms with Gasteiger partial charge in [-0.15, -0.1) is 11.8 Å². The fourth-order valence-electron chi connectivity index (χ4n) is 1.30. The molecule has 0 amide bonds. The minimum Gasteiger partial charge on any atom is -0.495 e. The van der Waals surface area contributed by atoms with Crippen LogP contribution in [0.1, 0.15) is 18.5 Å². The maximum absolute atomic E-state index is 13.2. The third-order valence-electron chi connectivity index (χ3n) is 1.96. The maximum Gasteiger partial charge on any atom is 0.137 e. The molecule has 1 unspecified atom stereocenters. The average molecular weight is 215 g/mol. The summed E-state index contributed by atoms with van der Waals surface area (Å²) in [6.45, 7) is 1.81. The van der Waals surface area contributed by atoms with Gasteiger partial charge in [0.15, 0.2) is 0 Å². The molecule has 0 aliphatic heterocycles. The molecule has 0 spiro atoms. The molecule has 0 saturated heterocycles. The van der Waals surface area contributed by atoms with Crippen LogP contribution in [0.4, 0.5) is 4.39 Å². The maximum atomic E-state index is 13.2. The molecule has 78 valence electrons. The lowest BCUT2D eigenvalue weighted by Gasteiger charge is -2.14. The fourth-order valence-corrected chi connectivity index (χ4v) is 1.91. The number of methoxy groups -OCH3 is 1. The second-order valence-corrected chi connectivity index (χ2v) is 3.87. The Bertz CT molecular complexity index is 328. The number of halogens is 1. The molecule has 2 nitrogen and oxygen atoms in total. The number of rotatable bonds is 3. The van der Waals surface area contributed by atoms with Crippen molar-refractivity contribution in [3.63, 3.8) is 0 Å². The largest absolute Gasteiger partial charge is 0.495 e. The van der Waals surface area contributed by atoms with Gasteiger partial charge in [-0.25, -0.2) is 4.39 Å². The Balaban J connectivity index is 3.31. The molecule has 1 aromatic carbocycles. The van der Waals surface area contributed by atoms with E-state index in [1.165, 1.54) is 23.9 Å². The molecule has 14 heavy (non-hydrogen) atoms. The van der Waals surface area contributed by atoms with Crippen LogP contribution in [0.3, 0.4) is 0 Å². The van der Waals surface area contributed by atoms with E-state index in [4.69, 9.17) is 10.5 Å². The van der Waals surface area contributed by atoms with Crippen LogP contribution in [0, 0.1) is 5.82 Å². The molecule has 1 atom stereocenters. The monoisotopic (exact) mass is 215 g/mol. The van der Waals surface area contributed by atoms with Gasteiger partial charge >= 0.3 is 0 Å². The van der Waals surface area contributed by atoms with Gasteiger partial charge in [-0.05, 0) is 25.3 Å². The van der Waals surface area contributed by atoms with Gasteiger partial charge in [0.05, 0.1) is 12.0 Å². The highest BCUT2D eigenvalue weighted by Crippen LogP contribution is 2.34. The van der Waals surface area contributed by atoms with E-state index in [0.717, 1.165) is 4.90 Å². The Morgan fingerprint density at radius 1 is 1.50 bits per heavy atom. The Morgan fingerprint density at radius 2 is 2.14 bits per heavy atom. The van der Waals surface area contributed by atoms with Crippen LogP contribution in [0.25, 0.3) is 0 Å². The lowest BCUT2D eigenvalue weighted by atomic mass is 10.1. The van der Waals surface area contributed by atoms with Crippen molar-refractivity contribution >= 4 is 11.8 Å². The van der Waals surface area contributed by atoms with Gasteiger partial charge in [-0.1, -0.05) is 0 Å². The number of ether oxygens (including phenoxy) is 1. The van der Waals surface area contributed by atoms with Crippen LogP contribution in [-0.2, 0) is 0 Å². The summed E-state index contributed by atoms with van der Waals surface area (Å²) in [7, 11) is 1.57. The third kappa shape index (κ3) is 2.19. The van der Waals surface area contributed by atoms with Crippen molar-refractivity contribution in [3.8, 4) is 5.75 Å². The van der Waals surface area contributed by atoms with Crippen LogP contribution in [0.5, 0.6) is 5.75 Å². The summed E-state index contributed by atoms with van der Waals surface area (Å²) in [5, 5.41) is 0. The molecular formula is C10H14FNOS. The zero-order valence-electron chi connectivity index (χ0n) is 8.50. The van der Waals surface area contributed by atoms with Crippen molar-refractivity contribution in [2.24, 2.45) is 5.73 Å². The summed E-state index contributed by atoms with van der Waals surface area (Å²) in [6, 6.07) is 2.64. The van der Waals surface area contributed by atoms with Crippen LogP contribution in [0.2, 0.25) is 0 Å². The summed E-state index contributed by atoms with van der Waals surface area (Å²) in [5.74, 6) is 0.399. The van der Waals surface area contributed by atoms with E-state index in [0.29, 0.717) is 11.3 Å². The van der Waals surface area contributed by atoms with E-state index in [1.807, 2.05) is 6.26 Å². The van der Waals surface area contributed by atoms with Crippen molar-refractivity contribution in [1.29, 1.82) is 0 Å². The highest BCUT2D eigenvalue weighted by Gasteiger charge is 2.13. The molecule has 1 aromatic rings. The van der Waals surface area contributed by atoms with Crippen LogP contribution >= 0.6 is 11.8 Å². The summed E-state index contributed by atoms with van der Waals surface area (Å²) in [5.41, 5.74) is 6.43. The number of benzene rings is 1. The van der Waals surface area contributed by atoms with Crippen molar-refractivity contribution in [2.45, 2.75) is 17.9 Å². The smallest absolute Gasteiger partial charge is 0.137 e. The normalized spacial score (nSPS) is 12.6. The molecular weight excluding hydrogens is 201 g/mol. The zero-order chi connectivity index (χ0) is 10.7. The predicted molar refractivity (Wildman–Crippen MR) is 57.3 cm³/mol. The lowest BCUT2D eigenvalue weighted by molar-refractivity contribution is 0.394. The predicted octanol–water partition coefficient (Wildman–Crippen LogP) is 2.58. The summed E-state index contributed by atoms with van der Waals surface area (Å²) < 4.78 is 18.4. The van der Waals surface area contributed by atoms with Crippen LogP contribution in [0.15, 0.2) is 17.0 Å². The molecule has 4 heteroatoms. The second-order valence-electron chi connectivity index (χ2n) is 3.02. The zero-order valence-corrected chi connectivity index (χ0v) is 9.32.